The van der Waals surface area contributed by atoms with Crippen molar-refractivity contribution in [3.8, 4) is 5.69 Å². The summed E-state index contributed by atoms with van der Waals surface area (Å²) in [4.78, 5) is 6.96. The van der Waals surface area contributed by atoms with E-state index in [2.05, 4.69) is 21.1 Å². The Morgan fingerprint density at radius 3 is 2.50 bits per heavy atom. The smallest absolute Gasteiger partial charge is 0.244 e. The number of rotatable bonds is 7. The summed E-state index contributed by atoms with van der Waals surface area (Å²) >= 11 is 0. The number of fused-ring (bicyclic) bond motifs is 2. The van der Waals surface area contributed by atoms with Gasteiger partial charge in [0, 0.05) is 44.9 Å². The molecule has 2 aliphatic heterocycles. The van der Waals surface area contributed by atoms with Gasteiger partial charge in [-0.2, -0.15) is 9.40 Å². The first-order valence-electron chi connectivity index (χ1n) is 14.2. The number of nitrogens with zero attached hydrogens (tertiary/aromatic N) is 5. The van der Waals surface area contributed by atoms with Gasteiger partial charge >= 0.3 is 0 Å². The zero-order valence-electron chi connectivity index (χ0n) is 22.7. The van der Waals surface area contributed by atoms with E-state index in [9.17, 15) is 12.8 Å². The van der Waals surface area contributed by atoms with Crippen LogP contribution >= 0.6 is 0 Å². The molecule has 3 fully saturated rings. The van der Waals surface area contributed by atoms with Gasteiger partial charge in [0.1, 0.15) is 16.5 Å². The van der Waals surface area contributed by atoms with Gasteiger partial charge < -0.3 is 9.64 Å². The van der Waals surface area contributed by atoms with Crippen molar-refractivity contribution in [2.45, 2.75) is 49.5 Å². The monoisotopic (exact) mass is 563 g/mol. The maximum absolute atomic E-state index is 14.0. The van der Waals surface area contributed by atoms with Crippen molar-refractivity contribution in [3.05, 3.63) is 71.4 Å². The van der Waals surface area contributed by atoms with Gasteiger partial charge in [-0.3, -0.25) is 0 Å². The third kappa shape index (κ3) is 4.28. The molecule has 0 spiro atoms. The van der Waals surface area contributed by atoms with Crippen molar-refractivity contribution < 1.29 is 17.5 Å². The average molecular weight is 564 g/mol. The number of ether oxygens (including phenoxy) is 1. The standard InChI is InChI=1S/C30H34FN5O3S/c1-39-29(21-4-5-21)30-17-22-18-33-36(25-8-6-24(31)7-9-25)27(22)16-23(30)12-15-35(20-30)40(37,38)26-10-11-28(32-19-26)34-13-2-3-14-34/h6-11,16,18-19,21,29H,2-5,12-15,17,20H2,1H3/t29-,30?/m1/s1. The molecule has 0 radical (unpaired) electrons. The van der Waals surface area contributed by atoms with E-state index < -0.39 is 15.4 Å². The number of halogens is 1. The minimum Gasteiger partial charge on any atom is -0.380 e. The number of pyridine rings is 1. The van der Waals surface area contributed by atoms with E-state index >= 15 is 0 Å². The predicted octanol–water partition coefficient (Wildman–Crippen LogP) is 4.45. The van der Waals surface area contributed by atoms with E-state index in [4.69, 9.17) is 4.74 Å². The summed E-state index contributed by atoms with van der Waals surface area (Å²) in [6, 6.07) is 9.87. The van der Waals surface area contributed by atoms with Crippen LogP contribution in [0.3, 0.4) is 0 Å². The minimum atomic E-state index is -3.74. The fraction of sp³-hybridized carbons (Fsp3) is 0.467. The molecule has 4 heterocycles. The molecular weight excluding hydrogens is 529 g/mol. The van der Waals surface area contributed by atoms with Crippen molar-refractivity contribution in [2.24, 2.45) is 11.3 Å². The largest absolute Gasteiger partial charge is 0.380 e. The van der Waals surface area contributed by atoms with Gasteiger partial charge in [-0.15, -0.1) is 0 Å². The highest BCUT2D eigenvalue weighted by molar-refractivity contribution is 7.89. The number of anilines is 1. The summed E-state index contributed by atoms with van der Waals surface area (Å²) in [7, 11) is -1.99. The second-order valence-electron chi connectivity index (χ2n) is 11.6. The van der Waals surface area contributed by atoms with E-state index in [0.717, 1.165) is 61.5 Å². The van der Waals surface area contributed by atoms with Crippen LogP contribution in [0.15, 0.2) is 59.3 Å². The lowest BCUT2D eigenvalue weighted by Gasteiger charge is -2.50. The molecule has 1 aromatic carbocycles. The molecule has 0 amide bonds. The second kappa shape index (κ2) is 9.78. The topological polar surface area (TPSA) is 80.6 Å². The van der Waals surface area contributed by atoms with Crippen molar-refractivity contribution in [3.63, 3.8) is 0 Å². The van der Waals surface area contributed by atoms with Crippen LogP contribution in [0.2, 0.25) is 0 Å². The molecule has 210 valence electrons. The number of hydrogen-bond donors (Lipinski definition) is 0. The Bertz CT molecular complexity index is 1540. The van der Waals surface area contributed by atoms with E-state index in [1.807, 2.05) is 16.9 Å². The lowest BCUT2D eigenvalue weighted by atomic mass is 9.64. The van der Waals surface area contributed by atoms with Gasteiger partial charge in [0.25, 0.3) is 0 Å². The number of aromatic nitrogens is 3. The van der Waals surface area contributed by atoms with E-state index in [0.29, 0.717) is 31.8 Å². The van der Waals surface area contributed by atoms with Crippen LogP contribution in [0, 0.1) is 17.2 Å². The van der Waals surface area contributed by atoms with Crippen LogP contribution < -0.4 is 4.90 Å². The molecule has 0 N–H and O–H groups in total. The highest BCUT2D eigenvalue weighted by atomic mass is 32.2. The third-order valence-corrected chi connectivity index (χ3v) is 11.0. The number of piperidine rings is 1. The quantitative estimate of drug-likeness (QED) is 0.423. The van der Waals surface area contributed by atoms with Crippen LogP contribution in [0.25, 0.3) is 11.8 Å². The van der Waals surface area contributed by atoms with Crippen LogP contribution in [0.1, 0.15) is 43.4 Å². The van der Waals surface area contributed by atoms with E-state index in [1.54, 1.807) is 29.6 Å². The number of benzene rings is 1. The Morgan fingerprint density at radius 1 is 1.05 bits per heavy atom. The zero-order valence-corrected chi connectivity index (χ0v) is 23.5. The number of hydrogen-bond acceptors (Lipinski definition) is 6. The molecule has 2 atom stereocenters. The molecular formula is C30H34FN5O3S. The summed E-state index contributed by atoms with van der Waals surface area (Å²) in [6.07, 6.45) is 11.2. The van der Waals surface area contributed by atoms with E-state index in [-0.39, 0.29) is 16.8 Å². The fourth-order valence-electron chi connectivity index (χ4n) is 7.00. The molecule has 0 bridgehead atoms. The Labute approximate surface area is 234 Å². The fourth-order valence-corrected chi connectivity index (χ4v) is 8.46. The summed E-state index contributed by atoms with van der Waals surface area (Å²) in [6.45, 7) is 2.67. The first-order chi connectivity index (χ1) is 19.4. The highest BCUT2D eigenvalue weighted by Gasteiger charge is 2.54. The molecule has 2 saturated heterocycles. The van der Waals surface area contributed by atoms with Crippen LogP contribution in [-0.4, -0.2) is 66.9 Å². The Morgan fingerprint density at radius 2 is 1.82 bits per heavy atom. The summed E-state index contributed by atoms with van der Waals surface area (Å²) in [5.41, 5.74) is 3.54. The molecule has 3 aromatic rings. The third-order valence-electron chi connectivity index (χ3n) is 9.14. The van der Waals surface area contributed by atoms with Crippen molar-refractivity contribution in [1.82, 2.24) is 19.1 Å². The van der Waals surface area contributed by atoms with Gasteiger partial charge in [0.15, 0.2) is 0 Å². The van der Waals surface area contributed by atoms with Gasteiger partial charge in [-0.05, 0) is 92.5 Å². The zero-order chi connectivity index (χ0) is 27.5. The molecule has 4 aliphatic rings. The van der Waals surface area contributed by atoms with Gasteiger partial charge in [0.2, 0.25) is 10.0 Å². The Kier molecular flexibility index (Phi) is 6.32. The lowest BCUT2D eigenvalue weighted by Crippen LogP contribution is -2.55. The van der Waals surface area contributed by atoms with Crippen LogP contribution in [0.4, 0.5) is 10.2 Å². The molecule has 2 aliphatic carbocycles. The number of methoxy groups -OCH3 is 1. The Hall–Kier alpha value is -3.08. The van der Waals surface area contributed by atoms with Crippen molar-refractivity contribution >= 4 is 21.9 Å². The summed E-state index contributed by atoms with van der Waals surface area (Å²) < 4.78 is 51.2. The Balaban J connectivity index is 1.23. The number of sulfonamides is 1. The van der Waals surface area contributed by atoms with E-state index in [1.165, 1.54) is 23.9 Å². The van der Waals surface area contributed by atoms with Crippen LogP contribution in [0.5, 0.6) is 0 Å². The molecule has 1 unspecified atom stereocenters. The van der Waals surface area contributed by atoms with Crippen LogP contribution in [-0.2, 0) is 21.2 Å². The lowest BCUT2D eigenvalue weighted by molar-refractivity contribution is -0.0260. The summed E-state index contributed by atoms with van der Waals surface area (Å²) in [5, 5.41) is 4.65. The predicted molar refractivity (Wildman–Crippen MR) is 150 cm³/mol. The van der Waals surface area contributed by atoms with Crippen molar-refractivity contribution in [1.29, 1.82) is 0 Å². The normalized spacial score (nSPS) is 23.9. The molecule has 8 nitrogen and oxygen atoms in total. The first kappa shape index (κ1) is 25.9. The average Bonchev–Trinajstić information content (AvgIpc) is 3.48. The molecule has 2 aromatic heterocycles. The molecule has 7 rings (SSSR count). The maximum atomic E-state index is 14.0. The minimum absolute atomic E-state index is 0.0882. The van der Waals surface area contributed by atoms with Gasteiger partial charge in [0.05, 0.1) is 23.7 Å². The van der Waals surface area contributed by atoms with Gasteiger partial charge in [-0.1, -0.05) is 5.57 Å². The van der Waals surface area contributed by atoms with Gasteiger partial charge in [-0.25, -0.2) is 22.5 Å². The SMILES string of the molecule is CO[C@H](C1CC1)C12Cc3cnn(-c4ccc(F)cc4)c3C=C1CCN(S(=O)(=O)c1ccc(N3CCCC3)nc1)C2. The molecule has 1 saturated carbocycles. The van der Waals surface area contributed by atoms with Crippen molar-refractivity contribution in [2.75, 3.05) is 38.2 Å². The summed E-state index contributed by atoms with van der Waals surface area (Å²) in [5.74, 6) is 0.957. The molecule has 40 heavy (non-hydrogen) atoms. The second-order valence-corrected chi connectivity index (χ2v) is 13.5. The first-order valence-corrected chi connectivity index (χ1v) is 15.6. The maximum Gasteiger partial charge on any atom is 0.244 e. The highest BCUT2D eigenvalue weighted by Crippen LogP contribution is 2.53. The molecule has 10 heteroatoms.